The summed E-state index contributed by atoms with van der Waals surface area (Å²) in [6.45, 7) is 3.27. The largest absolute Gasteiger partial charge is 0.481 e. The van der Waals surface area contributed by atoms with Crippen molar-refractivity contribution in [3.05, 3.63) is 0 Å². The Morgan fingerprint density at radius 1 is 1.53 bits per heavy atom. The van der Waals surface area contributed by atoms with Gasteiger partial charge in [0.2, 0.25) is 5.91 Å². The van der Waals surface area contributed by atoms with E-state index in [-0.39, 0.29) is 24.3 Å². The number of carboxylic acids is 1. The number of nitrogens with two attached hydrogens (primary N) is 1. The zero-order valence-corrected chi connectivity index (χ0v) is 10.4. The zero-order valence-electron chi connectivity index (χ0n) is 10.4. The molecule has 0 saturated carbocycles. The fraction of sp³-hybridized carbons (Fsp3) is 0.833. The van der Waals surface area contributed by atoms with Crippen molar-refractivity contribution < 1.29 is 14.7 Å². The van der Waals surface area contributed by atoms with Crippen LogP contribution in [0, 0.1) is 5.92 Å². The van der Waals surface area contributed by atoms with Crippen LogP contribution < -0.4 is 5.73 Å². The molecule has 0 radical (unpaired) electrons. The van der Waals surface area contributed by atoms with Crippen LogP contribution in [0.1, 0.15) is 39.0 Å². The van der Waals surface area contributed by atoms with Crippen LogP contribution in [0.4, 0.5) is 0 Å². The highest BCUT2D eigenvalue weighted by Gasteiger charge is 2.25. The fourth-order valence-electron chi connectivity index (χ4n) is 2.20. The third kappa shape index (κ3) is 4.73. The molecule has 2 atom stereocenters. The Labute approximate surface area is 102 Å². The Balaban J connectivity index is 2.43. The van der Waals surface area contributed by atoms with Gasteiger partial charge < -0.3 is 15.7 Å². The molecule has 2 unspecified atom stereocenters. The molecule has 1 rings (SSSR count). The highest BCUT2D eigenvalue weighted by Crippen LogP contribution is 2.20. The van der Waals surface area contributed by atoms with Crippen molar-refractivity contribution in [2.45, 2.75) is 45.1 Å². The average Bonchev–Trinajstić information content (AvgIpc) is 2.28. The molecule has 17 heavy (non-hydrogen) atoms. The molecule has 3 N–H and O–H groups in total. The van der Waals surface area contributed by atoms with Crippen LogP contribution in [0.15, 0.2) is 0 Å². The summed E-state index contributed by atoms with van der Waals surface area (Å²) < 4.78 is 0. The molecule has 0 aromatic rings. The summed E-state index contributed by atoms with van der Waals surface area (Å²) in [6, 6.07) is -0.0812. The second kappa shape index (κ2) is 6.59. The van der Waals surface area contributed by atoms with Crippen molar-refractivity contribution in [1.29, 1.82) is 0 Å². The summed E-state index contributed by atoms with van der Waals surface area (Å²) >= 11 is 0. The van der Waals surface area contributed by atoms with E-state index in [1.54, 1.807) is 4.90 Å². The first-order valence-corrected chi connectivity index (χ1v) is 6.28. The maximum atomic E-state index is 11.9. The Kier molecular flexibility index (Phi) is 5.41. The van der Waals surface area contributed by atoms with Crippen LogP contribution in [-0.4, -0.2) is 41.0 Å². The molecular weight excluding hydrogens is 220 g/mol. The summed E-state index contributed by atoms with van der Waals surface area (Å²) in [7, 11) is 0. The SMILES string of the molecule is CCC(N)CC(=O)N1CCCC(CC(=O)O)C1. The van der Waals surface area contributed by atoms with Crippen molar-refractivity contribution in [1.82, 2.24) is 4.90 Å². The fourth-order valence-corrected chi connectivity index (χ4v) is 2.20. The van der Waals surface area contributed by atoms with Gasteiger partial charge in [0, 0.05) is 32.0 Å². The second-order valence-electron chi connectivity index (χ2n) is 4.82. The number of rotatable bonds is 5. The van der Waals surface area contributed by atoms with Gasteiger partial charge in [-0.15, -0.1) is 0 Å². The van der Waals surface area contributed by atoms with Gasteiger partial charge in [0.05, 0.1) is 0 Å². The van der Waals surface area contributed by atoms with Gasteiger partial charge in [-0.2, -0.15) is 0 Å². The van der Waals surface area contributed by atoms with Crippen LogP contribution in [-0.2, 0) is 9.59 Å². The minimum absolute atomic E-state index is 0.0643. The number of aliphatic carboxylic acids is 1. The Hall–Kier alpha value is -1.10. The van der Waals surface area contributed by atoms with E-state index in [1.165, 1.54) is 0 Å². The molecule has 0 bridgehead atoms. The van der Waals surface area contributed by atoms with Gasteiger partial charge in [0.25, 0.3) is 0 Å². The van der Waals surface area contributed by atoms with Gasteiger partial charge in [-0.25, -0.2) is 0 Å². The number of hydrogen-bond acceptors (Lipinski definition) is 3. The lowest BCUT2D eigenvalue weighted by molar-refractivity contribution is -0.140. The van der Waals surface area contributed by atoms with Gasteiger partial charge in [-0.3, -0.25) is 9.59 Å². The number of carbonyl (C=O) groups excluding carboxylic acids is 1. The maximum Gasteiger partial charge on any atom is 0.303 e. The molecule has 5 heteroatoms. The minimum Gasteiger partial charge on any atom is -0.481 e. The van der Waals surface area contributed by atoms with E-state index in [9.17, 15) is 9.59 Å². The topological polar surface area (TPSA) is 83.6 Å². The number of nitrogens with zero attached hydrogens (tertiary/aromatic N) is 1. The third-order valence-electron chi connectivity index (χ3n) is 3.30. The first kappa shape index (κ1) is 14.0. The van der Waals surface area contributed by atoms with Gasteiger partial charge >= 0.3 is 5.97 Å². The molecule has 1 heterocycles. The normalized spacial score (nSPS) is 22.2. The van der Waals surface area contributed by atoms with Gasteiger partial charge in [0.1, 0.15) is 0 Å². The van der Waals surface area contributed by atoms with E-state index in [2.05, 4.69) is 0 Å². The van der Waals surface area contributed by atoms with E-state index >= 15 is 0 Å². The first-order chi connectivity index (χ1) is 8.02. The Morgan fingerprint density at radius 2 is 2.24 bits per heavy atom. The van der Waals surface area contributed by atoms with Crippen molar-refractivity contribution in [3.8, 4) is 0 Å². The van der Waals surface area contributed by atoms with Crippen molar-refractivity contribution >= 4 is 11.9 Å². The predicted molar refractivity (Wildman–Crippen MR) is 64.4 cm³/mol. The monoisotopic (exact) mass is 242 g/mol. The van der Waals surface area contributed by atoms with Crippen LogP contribution in [0.25, 0.3) is 0 Å². The highest BCUT2D eigenvalue weighted by molar-refractivity contribution is 5.77. The summed E-state index contributed by atoms with van der Waals surface area (Å²) in [4.78, 5) is 24.3. The molecule has 1 amide bonds. The molecule has 5 nitrogen and oxygen atoms in total. The number of likely N-dealkylation sites (tertiary alicyclic amines) is 1. The summed E-state index contributed by atoms with van der Waals surface area (Å²) in [6.07, 6.45) is 3.11. The van der Waals surface area contributed by atoms with Gasteiger partial charge in [-0.05, 0) is 25.2 Å². The van der Waals surface area contributed by atoms with Crippen molar-refractivity contribution in [2.24, 2.45) is 11.7 Å². The molecule has 1 fully saturated rings. The molecule has 98 valence electrons. The minimum atomic E-state index is -0.783. The molecule has 1 aliphatic rings. The number of piperidine rings is 1. The highest BCUT2D eigenvalue weighted by atomic mass is 16.4. The van der Waals surface area contributed by atoms with Crippen LogP contribution >= 0.6 is 0 Å². The first-order valence-electron chi connectivity index (χ1n) is 6.28. The van der Waals surface area contributed by atoms with Crippen LogP contribution in [0.2, 0.25) is 0 Å². The Bertz CT molecular complexity index is 281. The predicted octanol–water partition coefficient (Wildman–Crippen LogP) is 0.827. The molecule has 0 aromatic carbocycles. The van der Waals surface area contributed by atoms with E-state index < -0.39 is 5.97 Å². The molecule has 1 aliphatic heterocycles. The molecule has 0 spiro atoms. The van der Waals surface area contributed by atoms with Gasteiger partial charge in [-0.1, -0.05) is 6.92 Å². The number of carbonyl (C=O) groups is 2. The lowest BCUT2D eigenvalue weighted by Crippen LogP contribution is -2.42. The molecular formula is C12H22N2O3. The van der Waals surface area contributed by atoms with Crippen molar-refractivity contribution in [2.75, 3.05) is 13.1 Å². The van der Waals surface area contributed by atoms with E-state index in [4.69, 9.17) is 10.8 Å². The number of carboxylic acid groups (broad SMARTS) is 1. The maximum absolute atomic E-state index is 11.9. The van der Waals surface area contributed by atoms with Crippen LogP contribution in [0.5, 0.6) is 0 Å². The summed E-state index contributed by atoms with van der Waals surface area (Å²) in [5, 5.41) is 8.75. The molecule has 0 aliphatic carbocycles. The lowest BCUT2D eigenvalue weighted by atomic mass is 9.94. The van der Waals surface area contributed by atoms with Crippen LogP contribution in [0.3, 0.4) is 0 Å². The molecule has 1 saturated heterocycles. The average molecular weight is 242 g/mol. The van der Waals surface area contributed by atoms with E-state index in [0.29, 0.717) is 13.0 Å². The standard InChI is InChI=1S/C12H22N2O3/c1-2-10(13)7-11(15)14-5-3-4-9(8-14)6-12(16)17/h9-10H,2-8,13H2,1H3,(H,16,17). The van der Waals surface area contributed by atoms with Crippen molar-refractivity contribution in [3.63, 3.8) is 0 Å². The zero-order chi connectivity index (χ0) is 12.8. The number of hydrogen-bond donors (Lipinski definition) is 2. The number of amides is 1. The summed E-state index contributed by atoms with van der Waals surface area (Å²) in [5.41, 5.74) is 5.75. The molecule has 0 aromatic heterocycles. The van der Waals surface area contributed by atoms with E-state index in [0.717, 1.165) is 25.8 Å². The smallest absolute Gasteiger partial charge is 0.303 e. The third-order valence-corrected chi connectivity index (χ3v) is 3.30. The van der Waals surface area contributed by atoms with E-state index in [1.807, 2.05) is 6.92 Å². The van der Waals surface area contributed by atoms with Gasteiger partial charge in [0.15, 0.2) is 0 Å². The summed E-state index contributed by atoms with van der Waals surface area (Å²) in [5.74, 6) is -0.618. The quantitative estimate of drug-likeness (QED) is 0.748. The second-order valence-corrected chi connectivity index (χ2v) is 4.82. The Morgan fingerprint density at radius 3 is 2.82 bits per heavy atom. The lowest BCUT2D eigenvalue weighted by Gasteiger charge is -2.32.